The van der Waals surface area contributed by atoms with E-state index in [0.717, 1.165) is 12.1 Å². The van der Waals surface area contributed by atoms with Crippen LogP contribution in [0, 0.1) is 10.1 Å². The van der Waals surface area contributed by atoms with E-state index in [4.69, 9.17) is 0 Å². The molecule has 0 atom stereocenters. The van der Waals surface area contributed by atoms with Crippen LogP contribution in [0.4, 0.5) is 18.9 Å². The molecule has 0 fully saturated rings. The summed E-state index contributed by atoms with van der Waals surface area (Å²) >= 11 is 0. The molecular weight excluding hydrogens is 381 g/mol. The first-order chi connectivity index (χ1) is 13.1. The third-order valence-corrected chi connectivity index (χ3v) is 4.00. The fraction of sp³-hybridized carbons (Fsp3) is 0.111. The molecule has 0 radical (unpaired) electrons. The molecule has 10 heteroatoms. The van der Waals surface area contributed by atoms with Gasteiger partial charge in [0.25, 0.3) is 0 Å². The van der Waals surface area contributed by atoms with Crippen LogP contribution in [-0.4, -0.2) is 32.8 Å². The molecule has 0 amide bonds. The van der Waals surface area contributed by atoms with Crippen LogP contribution in [0.15, 0.2) is 53.2 Å². The second-order valence-corrected chi connectivity index (χ2v) is 5.88. The lowest BCUT2D eigenvalue weighted by atomic mass is 9.96. The summed E-state index contributed by atoms with van der Waals surface area (Å²) in [6.45, 7) is 0. The van der Waals surface area contributed by atoms with E-state index in [9.17, 15) is 38.3 Å². The first-order valence-corrected chi connectivity index (χ1v) is 7.78. The van der Waals surface area contributed by atoms with Gasteiger partial charge in [-0.1, -0.05) is 18.2 Å². The number of carbonyl (C=O) groups excluding carboxylic acids is 1. The van der Waals surface area contributed by atoms with Gasteiger partial charge in [-0.15, -0.1) is 0 Å². The summed E-state index contributed by atoms with van der Waals surface area (Å²) in [4.78, 5) is 25.6. The molecule has 2 aromatic carbocycles. The standard InChI is InChI=1S/C18H11F3N2O5/c19-18(20,21)15-5-4-13(24)16(22-15)10-3-1-2-9(6-10)11-7-12(23(27)28)17(26)14(25)8-11/h1-3,5-8,25-26H,4H2. The van der Waals surface area contributed by atoms with Crippen molar-refractivity contribution in [1.29, 1.82) is 0 Å². The number of allylic oxidation sites excluding steroid dienone is 2. The zero-order valence-electron chi connectivity index (χ0n) is 13.9. The molecule has 3 rings (SSSR count). The maximum atomic E-state index is 12.9. The SMILES string of the molecule is O=C1CC=C(C(F)(F)F)N=C1c1cccc(-c2cc(O)c(O)c([N+](=O)[O-])c2)c1. The second-order valence-electron chi connectivity index (χ2n) is 5.88. The highest BCUT2D eigenvalue weighted by Crippen LogP contribution is 2.39. The van der Waals surface area contributed by atoms with E-state index in [1.54, 1.807) is 0 Å². The fourth-order valence-electron chi connectivity index (χ4n) is 2.68. The van der Waals surface area contributed by atoms with Crippen molar-refractivity contribution in [3.63, 3.8) is 0 Å². The Morgan fingerprint density at radius 3 is 2.39 bits per heavy atom. The molecule has 0 spiro atoms. The number of hydrogen-bond donors (Lipinski definition) is 2. The van der Waals surface area contributed by atoms with Gasteiger partial charge in [-0.2, -0.15) is 13.2 Å². The third-order valence-electron chi connectivity index (χ3n) is 4.00. The lowest BCUT2D eigenvalue weighted by Crippen LogP contribution is -2.23. The lowest BCUT2D eigenvalue weighted by Gasteiger charge is -2.15. The van der Waals surface area contributed by atoms with Crippen LogP contribution in [0.5, 0.6) is 11.5 Å². The average molecular weight is 392 g/mol. The first-order valence-electron chi connectivity index (χ1n) is 7.78. The Bertz CT molecular complexity index is 1060. The van der Waals surface area contributed by atoms with Crippen LogP contribution in [0.1, 0.15) is 12.0 Å². The van der Waals surface area contributed by atoms with Crippen molar-refractivity contribution < 1.29 is 33.1 Å². The van der Waals surface area contributed by atoms with E-state index < -0.39 is 46.2 Å². The van der Waals surface area contributed by atoms with Crippen LogP contribution in [-0.2, 0) is 4.79 Å². The molecule has 0 saturated heterocycles. The number of aromatic hydroxyl groups is 2. The Labute approximate surface area is 155 Å². The van der Waals surface area contributed by atoms with Crippen molar-refractivity contribution in [2.75, 3.05) is 0 Å². The molecule has 1 aliphatic heterocycles. The topological polar surface area (TPSA) is 113 Å². The highest BCUT2D eigenvalue weighted by atomic mass is 19.4. The van der Waals surface area contributed by atoms with Gasteiger partial charge >= 0.3 is 11.9 Å². The Morgan fingerprint density at radius 1 is 1.07 bits per heavy atom. The quantitative estimate of drug-likeness (QED) is 0.468. The van der Waals surface area contributed by atoms with Gasteiger partial charge in [0.1, 0.15) is 11.4 Å². The van der Waals surface area contributed by atoms with E-state index >= 15 is 0 Å². The largest absolute Gasteiger partial charge is 0.504 e. The third kappa shape index (κ3) is 3.56. The number of phenols is 2. The van der Waals surface area contributed by atoms with Crippen LogP contribution in [0.2, 0.25) is 0 Å². The predicted molar refractivity (Wildman–Crippen MR) is 92.2 cm³/mol. The molecule has 2 aromatic rings. The Hall–Kier alpha value is -3.69. The fourth-order valence-corrected chi connectivity index (χ4v) is 2.68. The van der Waals surface area contributed by atoms with Crippen molar-refractivity contribution >= 4 is 17.2 Å². The number of alkyl halides is 3. The minimum atomic E-state index is -4.70. The minimum absolute atomic E-state index is 0.0903. The smallest absolute Gasteiger partial charge is 0.433 e. The number of hydrogen-bond acceptors (Lipinski definition) is 6. The van der Waals surface area contributed by atoms with Gasteiger partial charge < -0.3 is 10.2 Å². The molecule has 0 bridgehead atoms. The van der Waals surface area contributed by atoms with Gasteiger partial charge in [0.05, 0.1) is 4.92 Å². The van der Waals surface area contributed by atoms with Gasteiger partial charge in [0, 0.05) is 18.1 Å². The predicted octanol–water partition coefficient (Wildman–Crippen LogP) is 3.88. The second kappa shape index (κ2) is 6.80. The summed E-state index contributed by atoms with van der Waals surface area (Å²) in [6, 6.07) is 7.68. The molecule has 7 nitrogen and oxygen atoms in total. The van der Waals surface area contributed by atoms with E-state index in [1.165, 1.54) is 24.3 Å². The zero-order valence-corrected chi connectivity index (χ0v) is 13.9. The summed E-state index contributed by atoms with van der Waals surface area (Å²) in [7, 11) is 0. The molecule has 0 saturated carbocycles. The molecule has 28 heavy (non-hydrogen) atoms. The summed E-state index contributed by atoms with van der Waals surface area (Å²) in [5.74, 6) is -2.25. The molecule has 144 valence electrons. The van der Waals surface area contributed by atoms with Gasteiger partial charge in [0.2, 0.25) is 5.75 Å². The number of ketones is 1. The maximum Gasteiger partial charge on any atom is 0.433 e. The molecule has 2 N–H and O–H groups in total. The van der Waals surface area contributed by atoms with Crippen LogP contribution in [0.3, 0.4) is 0 Å². The monoisotopic (exact) mass is 392 g/mol. The number of benzene rings is 2. The summed E-state index contributed by atoms with van der Waals surface area (Å²) < 4.78 is 38.7. The molecule has 0 aromatic heterocycles. The van der Waals surface area contributed by atoms with Crippen LogP contribution < -0.4 is 0 Å². The van der Waals surface area contributed by atoms with Crippen molar-refractivity contribution in [2.24, 2.45) is 4.99 Å². The van der Waals surface area contributed by atoms with Crippen molar-refractivity contribution in [1.82, 2.24) is 0 Å². The molecule has 0 unspecified atom stereocenters. The normalized spacial score (nSPS) is 14.5. The van der Waals surface area contributed by atoms with Crippen LogP contribution in [0.25, 0.3) is 11.1 Å². The number of carbonyl (C=O) groups is 1. The van der Waals surface area contributed by atoms with Gasteiger partial charge in [0.15, 0.2) is 11.5 Å². The number of Topliss-reactive ketones (excluding diaryl/α,β-unsaturated/α-hetero) is 1. The highest BCUT2D eigenvalue weighted by molar-refractivity contribution is 6.47. The number of phenolic OH excluding ortho intramolecular Hbond substituents is 2. The van der Waals surface area contributed by atoms with Crippen molar-refractivity contribution in [2.45, 2.75) is 12.6 Å². The Balaban J connectivity index is 2.09. The van der Waals surface area contributed by atoms with Gasteiger partial charge in [-0.05, 0) is 29.3 Å². The van der Waals surface area contributed by atoms with E-state index in [0.29, 0.717) is 6.08 Å². The van der Waals surface area contributed by atoms with E-state index in [2.05, 4.69) is 4.99 Å². The van der Waals surface area contributed by atoms with Crippen LogP contribution >= 0.6 is 0 Å². The number of nitro benzene ring substituents is 1. The Morgan fingerprint density at radius 2 is 1.75 bits per heavy atom. The van der Waals surface area contributed by atoms with Crippen molar-refractivity contribution in [3.05, 3.63) is 63.8 Å². The van der Waals surface area contributed by atoms with Crippen molar-refractivity contribution in [3.8, 4) is 22.6 Å². The molecule has 1 heterocycles. The number of halogens is 3. The minimum Gasteiger partial charge on any atom is -0.504 e. The maximum absolute atomic E-state index is 12.9. The van der Waals surface area contributed by atoms with E-state index in [-0.39, 0.29) is 22.4 Å². The summed E-state index contributed by atoms with van der Waals surface area (Å²) in [5, 5.41) is 30.3. The van der Waals surface area contributed by atoms with E-state index in [1.807, 2.05) is 0 Å². The summed E-state index contributed by atoms with van der Waals surface area (Å²) in [5.41, 5.74) is -1.81. The lowest BCUT2D eigenvalue weighted by molar-refractivity contribution is -0.385. The van der Waals surface area contributed by atoms with Gasteiger partial charge in [-0.3, -0.25) is 14.9 Å². The van der Waals surface area contributed by atoms with Gasteiger partial charge in [-0.25, -0.2) is 4.99 Å². The number of nitrogens with zero attached hydrogens (tertiary/aromatic N) is 2. The number of aliphatic imine (C=N–C) groups is 1. The number of rotatable bonds is 3. The molecular formula is C18H11F3N2O5. The Kier molecular flexibility index (Phi) is 4.63. The summed E-state index contributed by atoms with van der Waals surface area (Å²) in [6.07, 6.45) is -4.45. The zero-order chi connectivity index (χ0) is 20.6. The first kappa shape index (κ1) is 19.1. The highest BCUT2D eigenvalue weighted by Gasteiger charge is 2.36. The molecule has 0 aliphatic carbocycles. The molecule has 1 aliphatic rings. The average Bonchev–Trinajstić information content (AvgIpc) is 2.63. The number of nitro groups is 1.